The molecule has 0 saturated heterocycles. The Bertz CT molecular complexity index is 638. The molecule has 2 aromatic rings. The van der Waals surface area contributed by atoms with Gasteiger partial charge >= 0.3 is 0 Å². The lowest BCUT2D eigenvalue weighted by Crippen LogP contribution is -2.18. The second-order valence-corrected chi connectivity index (χ2v) is 5.62. The molecule has 2 rings (SSSR count). The van der Waals surface area contributed by atoms with Crippen LogP contribution in [0.3, 0.4) is 0 Å². The van der Waals surface area contributed by atoms with E-state index >= 15 is 0 Å². The predicted molar refractivity (Wildman–Crippen MR) is 85.2 cm³/mol. The Kier molecular flexibility index (Phi) is 5.19. The molecular formula is C13H17BrN4OS. The molecule has 0 aliphatic carbocycles. The first-order valence-electron chi connectivity index (χ1n) is 6.38. The quantitative estimate of drug-likeness (QED) is 0.778. The van der Waals surface area contributed by atoms with Gasteiger partial charge in [0, 0.05) is 16.5 Å². The van der Waals surface area contributed by atoms with Gasteiger partial charge in [0.1, 0.15) is 5.75 Å². The summed E-state index contributed by atoms with van der Waals surface area (Å²) in [5.41, 5.74) is 4.33. The molecule has 108 valence electrons. The van der Waals surface area contributed by atoms with E-state index in [0.717, 1.165) is 34.5 Å². The lowest BCUT2D eigenvalue weighted by atomic mass is 10.2. The first kappa shape index (κ1) is 15.1. The number of rotatable bonds is 6. The van der Waals surface area contributed by atoms with E-state index in [1.54, 1.807) is 7.11 Å². The van der Waals surface area contributed by atoms with Crippen molar-refractivity contribution >= 4 is 28.1 Å². The molecule has 0 amide bonds. The third-order valence-corrected chi connectivity index (χ3v) is 3.65. The summed E-state index contributed by atoms with van der Waals surface area (Å²) in [6, 6.07) is 5.91. The highest BCUT2D eigenvalue weighted by Crippen LogP contribution is 2.23. The summed E-state index contributed by atoms with van der Waals surface area (Å²) in [4.78, 5) is 0. The molecule has 0 aliphatic heterocycles. The Morgan fingerprint density at radius 3 is 3.00 bits per heavy atom. The van der Waals surface area contributed by atoms with Crippen LogP contribution in [0.2, 0.25) is 0 Å². The molecular weight excluding hydrogens is 340 g/mol. The zero-order valence-electron chi connectivity index (χ0n) is 11.4. The monoisotopic (exact) mass is 356 g/mol. The fourth-order valence-electron chi connectivity index (χ4n) is 1.93. The van der Waals surface area contributed by atoms with Crippen LogP contribution in [-0.4, -0.2) is 22.0 Å². The number of nitrogens with zero attached hydrogens (tertiary/aromatic N) is 2. The molecule has 1 heterocycles. The summed E-state index contributed by atoms with van der Waals surface area (Å²) in [6.45, 7) is 2.71. The topological polar surface area (TPSA) is 54.9 Å². The maximum Gasteiger partial charge on any atom is 0.214 e. The first-order chi connectivity index (χ1) is 9.65. The minimum Gasteiger partial charge on any atom is -0.496 e. The molecule has 20 heavy (non-hydrogen) atoms. The Morgan fingerprint density at radius 2 is 2.30 bits per heavy atom. The number of benzene rings is 1. The Morgan fingerprint density at radius 1 is 1.50 bits per heavy atom. The summed E-state index contributed by atoms with van der Waals surface area (Å²) in [7, 11) is 1.67. The number of aromatic nitrogens is 3. The highest BCUT2D eigenvalue weighted by Gasteiger charge is 2.07. The molecule has 7 heteroatoms. The Labute approximate surface area is 131 Å². The van der Waals surface area contributed by atoms with Gasteiger partial charge in [0.05, 0.1) is 13.7 Å². The second-order valence-electron chi connectivity index (χ2n) is 4.32. The minimum atomic E-state index is 0.572. The Balaban J connectivity index is 2.18. The highest BCUT2D eigenvalue weighted by molar-refractivity contribution is 9.10. The number of hydrogen-bond donors (Lipinski definition) is 2. The van der Waals surface area contributed by atoms with Gasteiger partial charge in [-0.15, -0.1) is 0 Å². The number of ether oxygens (including phenoxy) is 1. The molecule has 0 saturated carbocycles. The van der Waals surface area contributed by atoms with Crippen LogP contribution in [0, 0.1) is 4.77 Å². The van der Waals surface area contributed by atoms with Crippen LogP contribution in [0.15, 0.2) is 22.7 Å². The number of nitrogens with one attached hydrogen (secondary N) is 2. The van der Waals surface area contributed by atoms with Gasteiger partial charge in [-0.05, 0) is 36.8 Å². The van der Waals surface area contributed by atoms with Crippen molar-refractivity contribution in [2.24, 2.45) is 0 Å². The van der Waals surface area contributed by atoms with Crippen LogP contribution >= 0.6 is 28.1 Å². The summed E-state index contributed by atoms with van der Waals surface area (Å²) in [5.74, 6) is 1.75. The van der Waals surface area contributed by atoms with E-state index in [9.17, 15) is 0 Å². The molecule has 0 radical (unpaired) electrons. The number of aromatic amines is 1. The van der Waals surface area contributed by atoms with Gasteiger partial charge in [0.25, 0.3) is 0 Å². The van der Waals surface area contributed by atoms with Crippen molar-refractivity contribution in [3.05, 3.63) is 38.8 Å². The average Bonchev–Trinajstić information content (AvgIpc) is 2.78. The number of halogens is 1. The van der Waals surface area contributed by atoms with Crippen molar-refractivity contribution < 1.29 is 4.74 Å². The van der Waals surface area contributed by atoms with Crippen LogP contribution in [-0.2, 0) is 13.0 Å². The number of hydrogen-bond acceptors (Lipinski definition) is 4. The molecule has 1 aromatic heterocycles. The van der Waals surface area contributed by atoms with Crippen LogP contribution in [0.5, 0.6) is 5.75 Å². The van der Waals surface area contributed by atoms with Gasteiger partial charge < -0.3 is 10.2 Å². The number of methoxy groups -OCH3 is 1. The van der Waals surface area contributed by atoms with Crippen LogP contribution in [0.25, 0.3) is 0 Å². The van der Waals surface area contributed by atoms with E-state index < -0.39 is 0 Å². The van der Waals surface area contributed by atoms with E-state index in [1.165, 1.54) is 0 Å². The standard InChI is InChI=1S/C13H17BrN4OS/c1-3-4-12-16-17-13(20)18(12)15-8-9-7-10(14)5-6-11(9)19-2/h5-7,15H,3-4,8H2,1-2H3,(H,17,20). The molecule has 0 atom stereocenters. The van der Waals surface area contributed by atoms with Crippen molar-refractivity contribution in [3.8, 4) is 5.75 Å². The SMILES string of the molecule is CCCc1n[nH]c(=S)n1NCc1cc(Br)ccc1OC. The molecule has 1 aromatic carbocycles. The summed E-state index contributed by atoms with van der Waals surface area (Å²) < 4.78 is 8.76. The van der Waals surface area contributed by atoms with Gasteiger partial charge in [-0.1, -0.05) is 22.9 Å². The smallest absolute Gasteiger partial charge is 0.214 e. The molecule has 2 N–H and O–H groups in total. The maximum absolute atomic E-state index is 5.36. The fourth-order valence-corrected chi connectivity index (χ4v) is 2.56. The lowest BCUT2D eigenvalue weighted by Gasteiger charge is -2.12. The third-order valence-electron chi connectivity index (χ3n) is 2.89. The summed E-state index contributed by atoms with van der Waals surface area (Å²) >= 11 is 8.70. The zero-order valence-corrected chi connectivity index (χ0v) is 13.8. The highest BCUT2D eigenvalue weighted by atomic mass is 79.9. The molecule has 0 spiro atoms. The molecule has 0 aliphatic rings. The zero-order chi connectivity index (χ0) is 14.5. The van der Waals surface area contributed by atoms with Gasteiger partial charge in [0.15, 0.2) is 5.82 Å². The average molecular weight is 357 g/mol. The Hall–Kier alpha value is -1.34. The van der Waals surface area contributed by atoms with Crippen molar-refractivity contribution in [3.63, 3.8) is 0 Å². The maximum atomic E-state index is 5.36. The van der Waals surface area contributed by atoms with Gasteiger partial charge in [-0.2, -0.15) is 5.10 Å². The molecule has 0 unspecified atom stereocenters. The first-order valence-corrected chi connectivity index (χ1v) is 7.58. The van der Waals surface area contributed by atoms with Crippen LogP contribution < -0.4 is 10.2 Å². The lowest BCUT2D eigenvalue weighted by molar-refractivity contribution is 0.409. The number of aryl methyl sites for hydroxylation is 1. The minimum absolute atomic E-state index is 0.572. The van der Waals surface area contributed by atoms with E-state index in [4.69, 9.17) is 17.0 Å². The summed E-state index contributed by atoms with van der Waals surface area (Å²) in [6.07, 6.45) is 1.89. The van der Waals surface area contributed by atoms with Gasteiger partial charge in [0.2, 0.25) is 4.77 Å². The van der Waals surface area contributed by atoms with Crippen molar-refractivity contribution in [1.29, 1.82) is 0 Å². The van der Waals surface area contributed by atoms with Crippen LogP contribution in [0.1, 0.15) is 24.7 Å². The predicted octanol–water partition coefficient (Wildman–Crippen LogP) is 3.41. The summed E-state index contributed by atoms with van der Waals surface area (Å²) in [5, 5.41) is 7.03. The van der Waals surface area contributed by atoms with Crippen molar-refractivity contribution in [1.82, 2.24) is 14.9 Å². The van der Waals surface area contributed by atoms with E-state index in [2.05, 4.69) is 38.5 Å². The van der Waals surface area contributed by atoms with E-state index in [0.29, 0.717) is 11.3 Å². The fraction of sp³-hybridized carbons (Fsp3) is 0.385. The van der Waals surface area contributed by atoms with E-state index in [1.807, 2.05) is 22.9 Å². The molecule has 0 fully saturated rings. The second kappa shape index (κ2) is 6.90. The van der Waals surface area contributed by atoms with Gasteiger partial charge in [-0.25, -0.2) is 4.68 Å². The van der Waals surface area contributed by atoms with E-state index in [-0.39, 0.29) is 0 Å². The van der Waals surface area contributed by atoms with Gasteiger partial charge in [-0.3, -0.25) is 5.10 Å². The van der Waals surface area contributed by atoms with Crippen LogP contribution in [0.4, 0.5) is 0 Å². The van der Waals surface area contributed by atoms with Crippen molar-refractivity contribution in [2.45, 2.75) is 26.3 Å². The van der Waals surface area contributed by atoms with Crippen molar-refractivity contribution in [2.75, 3.05) is 12.5 Å². The largest absolute Gasteiger partial charge is 0.496 e. The number of H-pyrrole nitrogens is 1. The third kappa shape index (κ3) is 3.40. The normalized spacial score (nSPS) is 10.6. The molecule has 5 nitrogen and oxygen atoms in total. The molecule has 0 bridgehead atoms.